The normalized spacial score (nSPS) is 18.5. The molecular weight excluding hydrogens is 204 g/mol. The van der Waals surface area contributed by atoms with E-state index in [-0.39, 0.29) is 12.1 Å². The van der Waals surface area contributed by atoms with Crippen molar-refractivity contribution in [1.82, 2.24) is 5.32 Å². The Kier molecular flexibility index (Phi) is 3.28. The zero-order valence-electron chi connectivity index (χ0n) is 9.20. The molecule has 1 aromatic heterocycles. The Bertz CT molecular complexity index is 386. The summed E-state index contributed by atoms with van der Waals surface area (Å²) < 4.78 is 5.28. The zero-order valence-corrected chi connectivity index (χ0v) is 9.20. The van der Waals surface area contributed by atoms with E-state index < -0.39 is 0 Å². The first kappa shape index (κ1) is 11.2. The fourth-order valence-corrected chi connectivity index (χ4v) is 2.25. The van der Waals surface area contributed by atoms with Crippen LogP contribution in [0.4, 0.5) is 0 Å². The van der Waals surface area contributed by atoms with Crippen molar-refractivity contribution in [3.63, 3.8) is 0 Å². The van der Waals surface area contributed by atoms with Crippen LogP contribution in [0.15, 0.2) is 16.5 Å². The van der Waals surface area contributed by atoms with Crippen LogP contribution in [0.1, 0.15) is 37.2 Å². The summed E-state index contributed by atoms with van der Waals surface area (Å²) in [5.41, 5.74) is -0.139. The highest BCUT2D eigenvalue weighted by Crippen LogP contribution is 2.29. The summed E-state index contributed by atoms with van der Waals surface area (Å²) >= 11 is 0. The van der Waals surface area contributed by atoms with Crippen molar-refractivity contribution < 1.29 is 9.52 Å². The van der Waals surface area contributed by atoms with Crippen LogP contribution < -0.4 is 5.32 Å². The minimum absolute atomic E-state index is 0.139. The molecule has 1 heterocycles. The van der Waals surface area contributed by atoms with Gasteiger partial charge in [-0.25, -0.2) is 0 Å². The first-order valence-electron chi connectivity index (χ1n) is 5.63. The Morgan fingerprint density at radius 3 is 2.75 bits per heavy atom. The summed E-state index contributed by atoms with van der Waals surface area (Å²) in [7, 11) is 0. The zero-order chi connectivity index (χ0) is 11.4. The van der Waals surface area contributed by atoms with Crippen molar-refractivity contribution in [2.75, 3.05) is 6.61 Å². The van der Waals surface area contributed by atoms with Crippen LogP contribution in [0.5, 0.6) is 0 Å². The molecule has 1 aromatic rings. The van der Waals surface area contributed by atoms with Gasteiger partial charge in [0.05, 0.1) is 13.2 Å². The molecule has 0 unspecified atom stereocenters. The Morgan fingerprint density at radius 1 is 1.44 bits per heavy atom. The second kappa shape index (κ2) is 4.69. The SMILES string of the molecule is N#Cc1ccc(CNC2(CO)CCCC2)o1. The van der Waals surface area contributed by atoms with Gasteiger partial charge in [-0.1, -0.05) is 12.8 Å². The summed E-state index contributed by atoms with van der Waals surface area (Å²) in [5.74, 6) is 1.08. The lowest BCUT2D eigenvalue weighted by Gasteiger charge is -2.27. The van der Waals surface area contributed by atoms with E-state index in [4.69, 9.17) is 9.68 Å². The third-order valence-corrected chi connectivity index (χ3v) is 3.27. The topological polar surface area (TPSA) is 69.2 Å². The van der Waals surface area contributed by atoms with Crippen molar-refractivity contribution >= 4 is 0 Å². The molecule has 0 atom stereocenters. The van der Waals surface area contributed by atoms with Gasteiger partial charge in [0.1, 0.15) is 11.8 Å². The average Bonchev–Trinajstić information content (AvgIpc) is 2.96. The molecule has 4 nitrogen and oxygen atoms in total. The monoisotopic (exact) mass is 220 g/mol. The standard InChI is InChI=1S/C12H16N2O2/c13-7-10-3-4-11(16-10)8-14-12(9-15)5-1-2-6-12/h3-4,14-15H,1-2,5-6,8-9H2. The van der Waals surface area contributed by atoms with Crippen LogP contribution in [0, 0.1) is 11.3 Å². The van der Waals surface area contributed by atoms with E-state index in [0.29, 0.717) is 12.3 Å². The third kappa shape index (κ3) is 2.26. The van der Waals surface area contributed by atoms with E-state index >= 15 is 0 Å². The highest BCUT2D eigenvalue weighted by atomic mass is 16.3. The van der Waals surface area contributed by atoms with Gasteiger partial charge in [-0.3, -0.25) is 0 Å². The molecule has 0 radical (unpaired) electrons. The molecule has 0 bridgehead atoms. The van der Waals surface area contributed by atoms with Gasteiger partial charge in [0.15, 0.2) is 0 Å². The molecule has 4 heteroatoms. The maximum atomic E-state index is 9.40. The average molecular weight is 220 g/mol. The van der Waals surface area contributed by atoms with Crippen molar-refractivity contribution in [3.05, 3.63) is 23.7 Å². The molecule has 0 aliphatic heterocycles. The van der Waals surface area contributed by atoms with E-state index in [2.05, 4.69) is 5.32 Å². The van der Waals surface area contributed by atoms with Gasteiger partial charge in [0.25, 0.3) is 0 Å². The van der Waals surface area contributed by atoms with Crippen LogP contribution in [0.2, 0.25) is 0 Å². The van der Waals surface area contributed by atoms with Gasteiger partial charge in [-0.2, -0.15) is 5.26 Å². The van der Waals surface area contributed by atoms with Gasteiger partial charge in [0.2, 0.25) is 5.76 Å². The number of rotatable bonds is 4. The predicted octanol–water partition coefficient (Wildman–Crippen LogP) is 1.55. The summed E-state index contributed by atoms with van der Waals surface area (Å²) in [4.78, 5) is 0. The van der Waals surface area contributed by atoms with E-state index in [1.54, 1.807) is 12.1 Å². The van der Waals surface area contributed by atoms with Gasteiger partial charge < -0.3 is 14.8 Å². The lowest BCUT2D eigenvalue weighted by molar-refractivity contribution is 0.160. The maximum Gasteiger partial charge on any atom is 0.203 e. The summed E-state index contributed by atoms with van der Waals surface area (Å²) in [6.45, 7) is 0.737. The first-order valence-corrected chi connectivity index (χ1v) is 5.63. The predicted molar refractivity (Wildman–Crippen MR) is 58.5 cm³/mol. The molecule has 0 saturated heterocycles. The summed E-state index contributed by atoms with van der Waals surface area (Å²) in [6, 6.07) is 5.42. The van der Waals surface area contributed by atoms with Gasteiger partial charge in [-0.15, -0.1) is 0 Å². The van der Waals surface area contributed by atoms with E-state index in [0.717, 1.165) is 31.4 Å². The van der Waals surface area contributed by atoms with Crippen LogP contribution in [-0.2, 0) is 6.54 Å². The van der Waals surface area contributed by atoms with Crippen molar-refractivity contribution in [2.45, 2.75) is 37.8 Å². The molecule has 0 amide bonds. The van der Waals surface area contributed by atoms with Crippen LogP contribution in [0.3, 0.4) is 0 Å². The highest BCUT2D eigenvalue weighted by Gasteiger charge is 2.32. The molecule has 1 fully saturated rings. The minimum atomic E-state index is -0.139. The van der Waals surface area contributed by atoms with Crippen LogP contribution in [0.25, 0.3) is 0 Å². The third-order valence-electron chi connectivity index (χ3n) is 3.27. The molecule has 1 aliphatic rings. The van der Waals surface area contributed by atoms with E-state index in [9.17, 15) is 5.11 Å². The highest BCUT2D eigenvalue weighted by molar-refractivity contribution is 5.19. The number of furan rings is 1. The smallest absolute Gasteiger partial charge is 0.203 e. The molecular formula is C12H16N2O2. The number of hydrogen-bond donors (Lipinski definition) is 2. The number of nitrogens with zero attached hydrogens (tertiary/aromatic N) is 1. The van der Waals surface area contributed by atoms with Crippen LogP contribution in [-0.4, -0.2) is 17.3 Å². The Labute approximate surface area is 94.9 Å². The summed E-state index contributed by atoms with van der Waals surface area (Å²) in [6.07, 6.45) is 4.34. The van der Waals surface area contributed by atoms with Crippen LogP contribution >= 0.6 is 0 Å². The quantitative estimate of drug-likeness (QED) is 0.807. The van der Waals surface area contributed by atoms with Gasteiger partial charge in [-0.05, 0) is 25.0 Å². The molecule has 2 rings (SSSR count). The number of aliphatic hydroxyl groups excluding tert-OH is 1. The second-order valence-corrected chi connectivity index (χ2v) is 4.38. The van der Waals surface area contributed by atoms with E-state index in [1.807, 2.05) is 6.07 Å². The maximum absolute atomic E-state index is 9.40. The minimum Gasteiger partial charge on any atom is -0.449 e. The Balaban J connectivity index is 1.93. The fourth-order valence-electron chi connectivity index (χ4n) is 2.25. The second-order valence-electron chi connectivity index (χ2n) is 4.38. The molecule has 16 heavy (non-hydrogen) atoms. The number of nitrogens with one attached hydrogen (secondary N) is 1. The van der Waals surface area contributed by atoms with Gasteiger partial charge >= 0.3 is 0 Å². The number of hydrogen-bond acceptors (Lipinski definition) is 4. The van der Waals surface area contributed by atoms with E-state index in [1.165, 1.54) is 0 Å². The molecule has 86 valence electrons. The molecule has 1 saturated carbocycles. The first-order chi connectivity index (χ1) is 7.78. The lowest BCUT2D eigenvalue weighted by Crippen LogP contribution is -2.45. The molecule has 2 N–H and O–H groups in total. The molecule has 0 spiro atoms. The molecule has 1 aliphatic carbocycles. The number of aliphatic hydroxyl groups is 1. The van der Waals surface area contributed by atoms with Crippen molar-refractivity contribution in [3.8, 4) is 6.07 Å². The summed E-state index contributed by atoms with van der Waals surface area (Å²) in [5, 5.41) is 21.4. The Morgan fingerprint density at radius 2 is 2.19 bits per heavy atom. The van der Waals surface area contributed by atoms with Crippen molar-refractivity contribution in [1.29, 1.82) is 5.26 Å². The van der Waals surface area contributed by atoms with Gasteiger partial charge in [0, 0.05) is 5.54 Å². The fraction of sp³-hybridized carbons (Fsp3) is 0.583. The Hall–Kier alpha value is -1.31. The molecule has 0 aromatic carbocycles. The van der Waals surface area contributed by atoms with Crippen molar-refractivity contribution in [2.24, 2.45) is 0 Å². The lowest BCUT2D eigenvalue weighted by atomic mass is 9.99. The number of nitriles is 1. The largest absolute Gasteiger partial charge is 0.449 e.